The standard InChI is InChI=1S/C14H20F2N2/c1-10-11(3-4-13(15)14(10)16)9-17-12-5-7-18(2)8-6-12/h3-4,12,17H,5-9H2,1-2H3. The van der Waals surface area contributed by atoms with Crippen molar-refractivity contribution in [2.75, 3.05) is 20.1 Å². The van der Waals surface area contributed by atoms with Crippen molar-refractivity contribution in [1.82, 2.24) is 10.2 Å². The Morgan fingerprint density at radius 3 is 2.61 bits per heavy atom. The molecule has 2 nitrogen and oxygen atoms in total. The Labute approximate surface area is 107 Å². The summed E-state index contributed by atoms with van der Waals surface area (Å²) in [4.78, 5) is 2.31. The van der Waals surface area contributed by atoms with Gasteiger partial charge in [-0.25, -0.2) is 8.78 Å². The summed E-state index contributed by atoms with van der Waals surface area (Å²) in [5, 5.41) is 3.43. The molecule has 4 heteroatoms. The lowest BCUT2D eigenvalue weighted by molar-refractivity contribution is 0.234. The first-order valence-electron chi connectivity index (χ1n) is 6.43. The van der Waals surface area contributed by atoms with Crippen molar-refractivity contribution in [3.63, 3.8) is 0 Å². The fraction of sp³-hybridized carbons (Fsp3) is 0.571. The topological polar surface area (TPSA) is 15.3 Å². The molecule has 1 saturated heterocycles. The lowest BCUT2D eigenvalue weighted by atomic mass is 10.0. The molecule has 0 amide bonds. The maximum absolute atomic E-state index is 13.4. The van der Waals surface area contributed by atoms with Crippen LogP contribution in [0.4, 0.5) is 8.78 Å². The van der Waals surface area contributed by atoms with Gasteiger partial charge in [-0.2, -0.15) is 0 Å². The molecule has 1 aliphatic rings. The van der Waals surface area contributed by atoms with Gasteiger partial charge >= 0.3 is 0 Å². The number of nitrogens with one attached hydrogen (secondary N) is 1. The highest BCUT2D eigenvalue weighted by Gasteiger charge is 2.16. The molecule has 0 spiro atoms. The van der Waals surface area contributed by atoms with Crippen molar-refractivity contribution in [2.24, 2.45) is 0 Å². The summed E-state index contributed by atoms with van der Waals surface area (Å²) in [6.07, 6.45) is 2.22. The number of rotatable bonds is 3. The van der Waals surface area contributed by atoms with Gasteiger partial charge < -0.3 is 10.2 Å². The smallest absolute Gasteiger partial charge is 0.162 e. The molecule has 1 heterocycles. The fourth-order valence-electron chi connectivity index (χ4n) is 2.35. The molecule has 0 atom stereocenters. The van der Waals surface area contributed by atoms with Crippen LogP contribution in [0.2, 0.25) is 0 Å². The lowest BCUT2D eigenvalue weighted by Gasteiger charge is -2.29. The van der Waals surface area contributed by atoms with Gasteiger partial charge in [0.1, 0.15) is 0 Å². The number of piperidine rings is 1. The molecule has 0 bridgehead atoms. The van der Waals surface area contributed by atoms with Crippen LogP contribution in [-0.2, 0) is 6.54 Å². The molecule has 0 aliphatic carbocycles. The van der Waals surface area contributed by atoms with Crippen LogP contribution in [-0.4, -0.2) is 31.1 Å². The van der Waals surface area contributed by atoms with E-state index in [9.17, 15) is 8.78 Å². The summed E-state index contributed by atoms with van der Waals surface area (Å²) in [5.74, 6) is -1.49. The van der Waals surface area contributed by atoms with E-state index >= 15 is 0 Å². The molecule has 0 aromatic heterocycles. The zero-order valence-corrected chi connectivity index (χ0v) is 11.0. The highest BCUT2D eigenvalue weighted by Crippen LogP contribution is 2.16. The summed E-state index contributed by atoms with van der Waals surface area (Å²) in [6, 6.07) is 3.35. The predicted octanol–water partition coefficient (Wildman–Crippen LogP) is 2.46. The second-order valence-corrected chi connectivity index (χ2v) is 5.10. The molecule has 1 aliphatic heterocycles. The van der Waals surface area contributed by atoms with Crippen LogP contribution in [0, 0.1) is 18.6 Å². The van der Waals surface area contributed by atoms with E-state index in [1.165, 1.54) is 6.07 Å². The normalized spacial score (nSPS) is 18.2. The van der Waals surface area contributed by atoms with E-state index < -0.39 is 11.6 Å². The van der Waals surface area contributed by atoms with Gasteiger partial charge in [-0.3, -0.25) is 0 Å². The van der Waals surface area contributed by atoms with E-state index in [0.717, 1.165) is 31.5 Å². The Morgan fingerprint density at radius 1 is 1.28 bits per heavy atom. The quantitative estimate of drug-likeness (QED) is 0.891. The van der Waals surface area contributed by atoms with E-state index in [2.05, 4.69) is 17.3 Å². The van der Waals surface area contributed by atoms with Gasteiger partial charge in [0.2, 0.25) is 0 Å². The molecule has 1 fully saturated rings. The third kappa shape index (κ3) is 3.06. The van der Waals surface area contributed by atoms with Gasteiger partial charge in [-0.1, -0.05) is 6.07 Å². The Balaban J connectivity index is 1.92. The second-order valence-electron chi connectivity index (χ2n) is 5.10. The first kappa shape index (κ1) is 13.4. The van der Waals surface area contributed by atoms with Crippen molar-refractivity contribution >= 4 is 0 Å². The molecule has 18 heavy (non-hydrogen) atoms. The maximum Gasteiger partial charge on any atom is 0.162 e. The molecule has 0 saturated carbocycles. The van der Waals surface area contributed by atoms with Crippen molar-refractivity contribution in [3.05, 3.63) is 34.9 Å². The number of likely N-dealkylation sites (tertiary alicyclic amines) is 1. The summed E-state index contributed by atoms with van der Waals surface area (Å²) >= 11 is 0. The van der Waals surface area contributed by atoms with Crippen LogP contribution in [0.15, 0.2) is 12.1 Å². The third-order valence-electron chi connectivity index (χ3n) is 3.75. The fourth-order valence-corrected chi connectivity index (χ4v) is 2.35. The highest BCUT2D eigenvalue weighted by molar-refractivity contribution is 5.28. The van der Waals surface area contributed by atoms with Crippen molar-refractivity contribution in [3.8, 4) is 0 Å². The molecule has 0 unspecified atom stereocenters. The number of benzene rings is 1. The molecule has 1 aromatic carbocycles. The number of halogens is 2. The third-order valence-corrected chi connectivity index (χ3v) is 3.75. The van der Waals surface area contributed by atoms with Crippen LogP contribution >= 0.6 is 0 Å². The van der Waals surface area contributed by atoms with Crippen LogP contribution in [0.5, 0.6) is 0 Å². The predicted molar refractivity (Wildman–Crippen MR) is 68.5 cm³/mol. The van der Waals surface area contributed by atoms with Crippen molar-refractivity contribution in [2.45, 2.75) is 32.4 Å². The number of hydrogen-bond acceptors (Lipinski definition) is 2. The number of nitrogens with zero attached hydrogens (tertiary/aromatic N) is 1. The van der Waals surface area contributed by atoms with Gasteiger partial charge in [-0.15, -0.1) is 0 Å². The average Bonchev–Trinajstić information content (AvgIpc) is 2.37. The first-order valence-corrected chi connectivity index (χ1v) is 6.43. The van der Waals surface area contributed by atoms with E-state index in [1.807, 2.05) is 0 Å². The minimum Gasteiger partial charge on any atom is -0.310 e. The maximum atomic E-state index is 13.4. The van der Waals surface area contributed by atoms with E-state index in [1.54, 1.807) is 13.0 Å². The number of hydrogen-bond donors (Lipinski definition) is 1. The minimum atomic E-state index is -0.768. The summed E-state index contributed by atoms with van der Waals surface area (Å²) in [6.45, 7) is 4.42. The zero-order chi connectivity index (χ0) is 13.1. The van der Waals surface area contributed by atoms with Gasteiger partial charge in [0, 0.05) is 12.6 Å². The Bertz CT molecular complexity index is 413. The van der Waals surface area contributed by atoms with Gasteiger partial charge in [-0.05, 0) is 57.1 Å². The second kappa shape index (κ2) is 5.76. The summed E-state index contributed by atoms with van der Waals surface area (Å²) in [5.41, 5.74) is 1.25. The van der Waals surface area contributed by atoms with Crippen molar-refractivity contribution < 1.29 is 8.78 Å². The molecule has 0 radical (unpaired) electrons. The first-order chi connectivity index (χ1) is 8.58. The molecular weight excluding hydrogens is 234 g/mol. The zero-order valence-electron chi connectivity index (χ0n) is 11.0. The monoisotopic (exact) mass is 254 g/mol. The average molecular weight is 254 g/mol. The van der Waals surface area contributed by atoms with Crippen LogP contribution in [0.1, 0.15) is 24.0 Å². The molecule has 1 N–H and O–H groups in total. The Hall–Kier alpha value is -1.00. The Morgan fingerprint density at radius 2 is 1.94 bits per heavy atom. The molecule has 1 aromatic rings. The SMILES string of the molecule is Cc1c(CNC2CCN(C)CC2)ccc(F)c1F. The van der Waals surface area contributed by atoms with Gasteiger partial charge in [0.05, 0.1) is 0 Å². The lowest BCUT2D eigenvalue weighted by Crippen LogP contribution is -2.40. The Kier molecular flexibility index (Phi) is 4.30. The van der Waals surface area contributed by atoms with E-state index in [0.29, 0.717) is 18.2 Å². The van der Waals surface area contributed by atoms with Crippen molar-refractivity contribution in [1.29, 1.82) is 0 Å². The highest BCUT2D eigenvalue weighted by atomic mass is 19.2. The molecule has 2 rings (SSSR count). The van der Waals surface area contributed by atoms with Crippen LogP contribution < -0.4 is 5.32 Å². The van der Waals surface area contributed by atoms with Gasteiger partial charge in [0.25, 0.3) is 0 Å². The van der Waals surface area contributed by atoms with Gasteiger partial charge in [0.15, 0.2) is 11.6 Å². The largest absolute Gasteiger partial charge is 0.310 e. The van der Waals surface area contributed by atoms with Crippen LogP contribution in [0.3, 0.4) is 0 Å². The summed E-state index contributed by atoms with van der Waals surface area (Å²) < 4.78 is 26.4. The van der Waals surface area contributed by atoms with E-state index in [4.69, 9.17) is 0 Å². The van der Waals surface area contributed by atoms with Crippen LogP contribution in [0.25, 0.3) is 0 Å². The van der Waals surface area contributed by atoms with E-state index in [-0.39, 0.29) is 0 Å². The molecule has 100 valence electrons. The summed E-state index contributed by atoms with van der Waals surface area (Å²) in [7, 11) is 2.12. The minimum absolute atomic E-state index is 0.412. The molecular formula is C14H20F2N2.